The van der Waals surface area contributed by atoms with Crippen LogP contribution in [-0.4, -0.2) is 12.1 Å². The molecule has 1 aliphatic rings. The first-order valence-corrected chi connectivity index (χ1v) is 7.11. The van der Waals surface area contributed by atoms with Crippen LogP contribution in [0.2, 0.25) is 0 Å². The summed E-state index contributed by atoms with van der Waals surface area (Å²) in [6, 6.07) is 7.16. The molecule has 1 aromatic carbocycles. The van der Waals surface area contributed by atoms with Crippen molar-refractivity contribution in [2.75, 3.05) is 6.54 Å². The van der Waals surface area contributed by atoms with Crippen LogP contribution in [0.4, 0.5) is 0 Å². The third kappa shape index (κ3) is 2.86. The Labute approximate surface area is 111 Å². The predicted octanol–water partition coefficient (Wildman–Crippen LogP) is 3.85. The zero-order valence-corrected chi connectivity index (χ0v) is 12.0. The van der Waals surface area contributed by atoms with E-state index >= 15 is 0 Å². The molecule has 0 aromatic heterocycles. The van der Waals surface area contributed by atoms with Gasteiger partial charge in [0.2, 0.25) is 0 Å². The van der Waals surface area contributed by atoms with E-state index in [0.717, 1.165) is 18.7 Å². The molecule has 0 saturated heterocycles. The maximum atomic E-state index is 5.93. The van der Waals surface area contributed by atoms with Gasteiger partial charge < -0.3 is 10.1 Å². The predicted molar refractivity (Wildman–Crippen MR) is 76.2 cm³/mol. The summed E-state index contributed by atoms with van der Waals surface area (Å²) in [6.45, 7) is 9.73. The van der Waals surface area contributed by atoms with Crippen molar-refractivity contribution in [3.05, 3.63) is 29.3 Å². The number of rotatable bonds is 5. The minimum Gasteiger partial charge on any atom is -0.487 e. The Hall–Kier alpha value is -1.02. The molecule has 0 aliphatic carbocycles. The first-order chi connectivity index (χ1) is 8.55. The minimum absolute atomic E-state index is 0.0423. The van der Waals surface area contributed by atoms with Crippen molar-refractivity contribution < 1.29 is 4.74 Å². The Morgan fingerprint density at radius 2 is 2.11 bits per heavy atom. The first-order valence-electron chi connectivity index (χ1n) is 7.11. The van der Waals surface area contributed by atoms with Gasteiger partial charge in [0.05, 0.1) is 0 Å². The maximum absolute atomic E-state index is 5.93. The summed E-state index contributed by atoms with van der Waals surface area (Å²) in [5.74, 6) is 1.07. The average molecular weight is 247 g/mol. The SMILES string of the molecule is CCCC(NCC)c1ccc2c(c1)CC(C)(C)O2. The highest BCUT2D eigenvalue weighted by Crippen LogP contribution is 2.36. The lowest BCUT2D eigenvalue weighted by molar-refractivity contribution is 0.138. The molecule has 1 unspecified atom stereocenters. The number of fused-ring (bicyclic) bond motifs is 1. The lowest BCUT2D eigenvalue weighted by atomic mass is 9.96. The second-order valence-electron chi connectivity index (χ2n) is 5.80. The van der Waals surface area contributed by atoms with Crippen LogP contribution in [0, 0.1) is 0 Å². The molecule has 0 amide bonds. The monoisotopic (exact) mass is 247 g/mol. The molecule has 1 aliphatic heterocycles. The second kappa shape index (κ2) is 5.31. The lowest BCUT2D eigenvalue weighted by Crippen LogP contribution is -2.24. The largest absolute Gasteiger partial charge is 0.487 e. The Morgan fingerprint density at radius 1 is 1.33 bits per heavy atom. The van der Waals surface area contributed by atoms with Gasteiger partial charge in [-0.2, -0.15) is 0 Å². The van der Waals surface area contributed by atoms with Crippen molar-refractivity contribution in [2.45, 2.75) is 58.6 Å². The Morgan fingerprint density at radius 3 is 2.78 bits per heavy atom. The van der Waals surface area contributed by atoms with Gasteiger partial charge in [-0.05, 0) is 44.0 Å². The molecule has 1 aromatic rings. The molecule has 0 spiro atoms. The highest BCUT2D eigenvalue weighted by atomic mass is 16.5. The number of benzene rings is 1. The van der Waals surface area contributed by atoms with Crippen LogP contribution < -0.4 is 10.1 Å². The van der Waals surface area contributed by atoms with Crippen molar-refractivity contribution >= 4 is 0 Å². The van der Waals surface area contributed by atoms with Crippen LogP contribution >= 0.6 is 0 Å². The summed E-state index contributed by atoms with van der Waals surface area (Å²) < 4.78 is 5.93. The summed E-state index contributed by atoms with van der Waals surface area (Å²) in [6.07, 6.45) is 3.41. The van der Waals surface area contributed by atoms with E-state index in [-0.39, 0.29) is 5.60 Å². The van der Waals surface area contributed by atoms with Crippen molar-refractivity contribution in [3.63, 3.8) is 0 Å². The molecule has 0 fully saturated rings. The van der Waals surface area contributed by atoms with Crippen LogP contribution in [0.3, 0.4) is 0 Å². The van der Waals surface area contributed by atoms with Crippen molar-refractivity contribution in [3.8, 4) is 5.75 Å². The fourth-order valence-corrected chi connectivity index (χ4v) is 2.77. The van der Waals surface area contributed by atoms with E-state index in [1.165, 1.54) is 24.0 Å². The summed E-state index contributed by atoms with van der Waals surface area (Å²) >= 11 is 0. The van der Waals surface area contributed by atoms with Crippen LogP contribution in [-0.2, 0) is 6.42 Å². The number of nitrogens with one attached hydrogen (secondary N) is 1. The van der Waals surface area contributed by atoms with Gasteiger partial charge in [0.15, 0.2) is 0 Å². The highest BCUT2D eigenvalue weighted by molar-refractivity contribution is 5.42. The third-order valence-electron chi connectivity index (χ3n) is 3.52. The van der Waals surface area contributed by atoms with E-state index < -0.39 is 0 Å². The third-order valence-corrected chi connectivity index (χ3v) is 3.52. The number of ether oxygens (including phenoxy) is 1. The van der Waals surface area contributed by atoms with Crippen LogP contribution in [0.25, 0.3) is 0 Å². The van der Waals surface area contributed by atoms with Gasteiger partial charge in [-0.15, -0.1) is 0 Å². The fraction of sp³-hybridized carbons (Fsp3) is 0.625. The molecule has 2 rings (SSSR count). The van der Waals surface area contributed by atoms with Gasteiger partial charge in [0, 0.05) is 12.5 Å². The Balaban J connectivity index is 2.21. The van der Waals surface area contributed by atoms with Gasteiger partial charge >= 0.3 is 0 Å². The summed E-state index contributed by atoms with van der Waals surface area (Å²) in [7, 11) is 0. The molecule has 100 valence electrons. The molecular weight excluding hydrogens is 222 g/mol. The summed E-state index contributed by atoms with van der Waals surface area (Å²) in [4.78, 5) is 0. The molecule has 0 bridgehead atoms. The van der Waals surface area contributed by atoms with Gasteiger partial charge in [0.25, 0.3) is 0 Å². The molecule has 18 heavy (non-hydrogen) atoms. The van der Waals surface area contributed by atoms with E-state index in [1.807, 2.05) is 0 Å². The van der Waals surface area contributed by atoms with Gasteiger partial charge in [0.1, 0.15) is 11.4 Å². The summed E-state index contributed by atoms with van der Waals surface area (Å²) in [5, 5.41) is 3.57. The minimum atomic E-state index is -0.0423. The Bertz CT molecular complexity index is 406. The van der Waals surface area contributed by atoms with Crippen molar-refractivity contribution in [1.29, 1.82) is 0 Å². The molecule has 2 nitrogen and oxygen atoms in total. The molecule has 1 N–H and O–H groups in total. The topological polar surface area (TPSA) is 21.3 Å². The number of hydrogen-bond donors (Lipinski definition) is 1. The van der Waals surface area contributed by atoms with Gasteiger partial charge in [-0.1, -0.05) is 32.4 Å². The Kier molecular flexibility index (Phi) is 3.96. The molecule has 0 radical (unpaired) electrons. The normalized spacial score (nSPS) is 18.2. The highest BCUT2D eigenvalue weighted by Gasteiger charge is 2.30. The molecule has 1 atom stereocenters. The van der Waals surface area contributed by atoms with Crippen molar-refractivity contribution in [2.24, 2.45) is 0 Å². The second-order valence-corrected chi connectivity index (χ2v) is 5.80. The molecular formula is C16H25NO. The fourth-order valence-electron chi connectivity index (χ4n) is 2.77. The smallest absolute Gasteiger partial charge is 0.123 e. The standard InChI is InChI=1S/C16H25NO/c1-5-7-14(17-6-2)12-8-9-15-13(10-12)11-16(3,4)18-15/h8-10,14,17H,5-7,11H2,1-4H3. The zero-order valence-electron chi connectivity index (χ0n) is 12.0. The summed E-state index contributed by atoms with van der Waals surface area (Å²) in [5.41, 5.74) is 2.72. The number of hydrogen-bond acceptors (Lipinski definition) is 2. The quantitative estimate of drug-likeness (QED) is 0.853. The van der Waals surface area contributed by atoms with Crippen LogP contribution in [0.1, 0.15) is 57.7 Å². The maximum Gasteiger partial charge on any atom is 0.123 e. The van der Waals surface area contributed by atoms with E-state index in [9.17, 15) is 0 Å². The molecule has 1 heterocycles. The zero-order chi connectivity index (χ0) is 13.2. The lowest BCUT2D eigenvalue weighted by Gasteiger charge is -2.18. The van der Waals surface area contributed by atoms with Crippen LogP contribution in [0.15, 0.2) is 18.2 Å². The van der Waals surface area contributed by atoms with E-state index in [4.69, 9.17) is 4.74 Å². The molecule has 0 saturated carbocycles. The van der Waals surface area contributed by atoms with Gasteiger partial charge in [-0.3, -0.25) is 0 Å². The van der Waals surface area contributed by atoms with E-state index in [0.29, 0.717) is 6.04 Å². The molecule has 2 heteroatoms. The average Bonchev–Trinajstić information content (AvgIpc) is 2.61. The van der Waals surface area contributed by atoms with E-state index in [2.05, 4.69) is 51.2 Å². The van der Waals surface area contributed by atoms with E-state index in [1.54, 1.807) is 0 Å². The van der Waals surface area contributed by atoms with Crippen molar-refractivity contribution in [1.82, 2.24) is 5.32 Å². The first kappa shape index (κ1) is 13.4. The van der Waals surface area contributed by atoms with Crippen LogP contribution in [0.5, 0.6) is 5.75 Å². The van der Waals surface area contributed by atoms with Gasteiger partial charge in [-0.25, -0.2) is 0 Å².